The van der Waals surface area contributed by atoms with Crippen LogP contribution < -0.4 is 10.1 Å². The van der Waals surface area contributed by atoms with E-state index in [0.717, 1.165) is 0 Å². The zero-order valence-electron chi connectivity index (χ0n) is 19.2. The largest absolute Gasteiger partial charge is 0.484 e. The summed E-state index contributed by atoms with van der Waals surface area (Å²) in [7, 11) is 1.60. The van der Waals surface area contributed by atoms with Gasteiger partial charge in [-0.1, -0.05) is 60.7 Å². The molecule has 0 saturated heterocycles. The Labute approximate surface area is 199 Å². The van der Waals surface area contributed by atoms with E-state index in [1.165, 1.54) is 17.0 Å². The lowest BCUT2D eigenvalue weighted by atomic mass is 10.0. The first-order valence-electron chi connectivity index (χ1n) is 11.1. The second-order valence-electron chi connectivity index (χ2n) is 7.70. The molecule has 0 spiro atoms. The Hall–Kier alpha value is -3.71. The van der Waals surface area contributed by atoms with Crippen LogP contribution in [0.15, 0.2) is 84.9 Å². The average molecular weight is 465 g/mol. The molecule has 0 unspecified atom stereocenters. The highest BCUT2D eigenvalue weighted by Crippen LogP contribution is 2.24. The minimum Gasteiger partial charge on any atom is -0.484 e. The predicted octanol–water partition coefficient (Wildman–Crippen LogP) is 4.13. The molecule has 0 aromatic heterocycles. The molecule has 0 fully saturated rings. The predicted molar refractivity (Wildman–Crippen MR) is 128 cm³/mol. The van der Waals surface area contributed by atoms with Crippen LogP contribution >= 0.6 is 0 Å². The standard InChI is InChI=1S/C27H29FN2O4/c1-33-18-8-17-29-27(32)26(22-9-4-2-5-10-22)30(19-21-13-15-23(28)16-14-21)25(31)20-34-24-11-6-3-7-12-24/h2-7,9-16,26H,8,17-20H2,1H3,(H,29,32)/t26-/m1/s1. The number of nitrogens with one attached hydrogen (secondary N) is 1. The van der Waals surface area contributed by atoms with Crippen LogP contribution in [0.1, 0.15) is 23.6 Å². The van der Waals surface area contributed by atoms with Gasteiger partial charge in [-0.15, -0.1) is 0 Å². The molecule has 6 nitrogen and oxygen atoms in total. The van der Waals surface area contributed by atoms with E-state index in [0.29, 0.717) is 36.4 Å². The maximum Gasteiger partial charge on any atom is 0.261 e. The monoisotopic (exact) mass is 464 g/mol. The SMILES string of the molecule is COCCCNC(=O)[C@@H](c1ccccc1)N(Cc1ccc(F)cc1)C(=O)COc1ccccc1. The van der Waals surface area contributed by atoms with Gasteiger partial charge in [0.2, 0.25) is 5.91 Å². The molecule has 34 heavy (non-hydrogen) atoms. The molecule has 3 aromatic rings. The summed E-state index contributed by atoms with van der Waals surface area (Å²) >= 11 is 0. The molecule has 2 amide bonds. The number of amides is 2. The van der Waals surface area contributed by atoms with Crippen molar-refractivity contribution in [3.05, 3.63) is 102 Å². The van der Waals surface area contributed by atoms with E-state index >= 15 is 0 Å². The number of carbonyl (C=O) groups excluding carboxylic acids is 2. The third kappa shape index (κ3) is 7.42. The lowest BCUT2D eigenvalue weighted by molar-refractivity contribution is -0.143. The molecule has 0 aliphatic carbocycles. The van der Waals surface area contributed by atoms with E-state index in [1.54, 1.807) is 31.4 Å². The lowest BCUT2D eigenvalue weighted by Gasteiger charge is -2.31. The highest BCUT2D eigenvalue weighted by atomic mass is 19.1. The van der Waals surface area contributed by atoms with E-state index < -0.39 is 6.04 Å². The van der Waals surface area contributed by atoms with E-state index in [9.17, 15) is 14.0 Å². The fraction of sp³-hybridized carbons (Fsp3) is 0.259. The van der Waals surface area contributed by atoms with Gasteiger partial charge in [-0.3, -0.25) is 9.59 Å². The number of halogens is 1. The molecule has 0 aliphatic heterocycles. The number of nitrogens with zero attached hydrogens (tertiary/aromatic N) is 1. The van der Waals surface area contributed by atoms with Gasteiger partial charge in [-0.2, -0.15) is 0 Å². The molecule has 7 heteroatoms. The highest BCUT2D eigenvalue weighted by Gasteiger charge is 2.31. The van der Waals surface area contributed by atoms with Crippen molar-refractivity contribution < 1.29 is 23.5 Å². The number of methoxy groups -OCH3 is 1. The van der Waals surface area contributed by atoms with Crippen LogP contribution in [-0.4, -0.2) is 43.6 Å². The van der Waals surface area contributed by atoms with Crippen molar-refractivity contribution in [3.63, 3.8) is 0 Å². The first-order chi connectivity index (χ1) is 16.6. The summed E-state index contributed by atoms with van der Waals surface area (Å²) in [4.78, 5) is 28.2. The summed E-state index contributed by atoms with van der Waals surface area (Å²) in [6.07, 6.45) is 0.646. The fourth-order valence-corrected chi connectivity index (χ4v) is 3.49. The van der Waals surface area contributed by atoms with E-state index in [-0.39, 0.29) is 30.8 Å². The summed E-state index contributed by atoms with van der Waals surface area (Å²) in [5.41, 5.74) is 1.37. The summed E-state index contributed by atoms with van der Waals surface area (Å²) in [6.45, 7) is 0.794. The number of para-hydroxylation sites is 1. The Morgan fingerprint density at radius 1 is 0.941 bits per heavy atom. The molecule has 0 saturated carbocycles. The number of rotatable bonds is 12. The van der Waals surface area contributed by atoms with Gasteiger partial charge in [0.25, 0.3) is 5.91 Å². The fourth-order valence-electron chi connectivity index (χ4n) is 3.49. The average Bonchev–Trinajstić information content (AvgIpc) is 2.87. The number of ether oxygens (including phenoxy) is 2. The zero-order valence-corrected chi connectivity index (χ0v) is 19.2. The summed E-state index contributed by atoms with van der Waals surface area (Å²) in [5.74, 6) is -0.492. The Balaban J connectivity index is 1.88. The van der Waals surface area contributed by atoms with Gasteiger partial charge in [-0.05, 0) is 41.8 Å². The Morgan fingerprint density at radius 3 is 2.24 bits per heavy atom. The zero-order chi connectivity index (χ0) is 24.2. The van der Waals surface area contributed by atoms with Crippen LogP contribution in [0.5, 0.6) is 5.75 Å². The van der Waals surface area contributed by atoms with Gasteiger partial charge in [0.1, 0.15) is 17.6 Å². The number of hydrogen-bond donors (Lipinski definition) is 1. The minimum absolute atomic E-state index is 0.113. The molecule has 1 atom stereocenters. The maximum absolute atomic E-state index is 13.5. The minimum atomic E-state index is -0.888. The van der Waals surface area contributed by atoms with Crippen molar-refractivity contribution in [1.29, 1.82) is 0 Å². The van der Waals surface area contributed by atoms with Crippen LogP contribution in [0.4, 0.5) is 4.39 Å². The molecule has 1 N–H and O–H groups in total. The van der Waals surface area contributed by atoms with Gasteiger partial charge < -0.3 is 19.7 Å². The first kappa shape index (κ1) is 24.9. The van der Waals surface area contributed by atoms with Gasteiger partial charge in [0.05, 0.1) is 0 Å². The first-order valence-corrected chi connectivity index (χ1v) is 11.1. The van der Waals surface area contributed by atoms with Crippen LogP contribution in [0.25, 0.3) is 0 Å². The normalized spacial score (nSPS) is 11.5. The molecule has 0 aliphatic rings. The highest BCUT2D eigenvalue weighted by molar-refractivity contribution is 5.89. The number of benzene rings is 3. The molecule has 0 radical (unpaired) electrons. The molecular formula is C27H29FN2O4. The smallest absolute Gasteiger partial charge is 0.261 e. The van der Waals surface area contributed by atoms with Gasteiger partial charge in [0.15, 0.2) is 6.61 Å². The Morgan fingerprint density at radius 2 is 1.59 bits per heavy atom. The molecular weight excluding hydrogens is 435 g/mol. The van der Waals surface area contributed by atoms with Crippen LogP contribution in [0, 0.1) is 5.82 Å². The summed E-state index contributed by atoms with van der Waals surface area (Å²) in [6, 6.07) is 23.1. The number of carbonyl (C=O) groups is 2. The molecule has 178 valence electrons. The molecule has 3 rings (SSSR count). The molecule has 3 aromatic carbocycles. The third-order valence-electron chi connectivity index (χ3n) is 5.19. The maximum atomic E-state index is 13.5. The van der Waals surface area contributed by atoms with Crippen molar-refractivity contribution in [2.45, 2.75) is 19.0 Å². The second kappa shape index (κ2) is 13.1. The molecule has 0 bridgehead atoms. The Bertz CT molecular complexity index is 1030. The van der Waals surface area contributed by atoms with E-state index in [1.807, 2.05) is 48.5 Å². The topological polar surface area (TPSA) is 67.9 Å². The lowest BCUT2D eigenvalue weighted by Crippen LogP contribution is -2.45. The van der Waals surface area contributed by atoms with E-state index in [2.05, 4.69) is 5.32 Å². The van der Waals surface area contributed by atoms with Crippen molar-refractivity contribution >= 4 is 11.8 Å². The molecule has 0 heterocycles. The van der Waals surface area contributed by atoms with Gasteiger partial charge in [0, 0.05) is 26.8 Å². The van der Waals surface area contributed by atoms with Crippen molar-refractivity contribution in [2.75, 3.05) is 26.9 Å². The van der Waals surface area contributed by atoms with E-state index in [4.69, 9.17) is 9.47 Å². The van der Waals surface area contributed by atoms with Crippen molar-refractivity contribution in [3.8, 4) is 5.75 Å². The summed E-state index contributed by atoms with van der Waals surface area (Å²) < 4.78 is 24.2. The van der Waals surface area contributed by atoms with Gasteiger partial charge in [-0.25, -0.2) is 4.39 Å². The second-order valence-corrected chi connectivity index (χ2v) is 7.70. The van der Waals surface area contributed by atoms with Crippen LogP contribution in [0.3, 0.4) is 0 Å². The van der Waals surface area contributed by atoms with Crippen LogP contribution in [-0.2, 0) is 20.9 Å². The van der Waals surface area contributed by atoms with Crippen LogP contribution in [0.2, 0.25) is 0 Å². The third-order valence-corrected chi connectivity index (χ3v) is 5.19. The quantitative estimate of drug-likeness (QED) is 0.410. The Kier molecular flexibility index (Phi) is 9.61. The summed E-state index contributed by atoms with van der Waals surface area (Å²) in [5, 5.41) is 2.91. The van der Waals surface area contributed by atoms with Crippen molar-refractivity contribution in [1.82, 2.24) is 10.2 Å². The van der Waals surface area contributed by atoms with Gasteiger partial charge >= 0.3 is 0 Å². The number of hydrogen-bond acceptors (Lipinski definition) is 4. The van der Waals surface area contributed by atoms with Crippen molar-refractivity contribution in [2.24, 2.45) is 0 Å².